The third-order valence-electron chi connectivity index (χ3n) is 3.96. The lowest BCUT2D eigenvalue weighted by Crippen LogP contribution is -2.39. The second-order valence-electron chi connectivity index (χ2n) is 5.93. The largest absolute Gasteiger partial charge is 0.347 e. The Labute approximate surface area is 125 Å². The van der Waals surface area contributed by atoms with Gasteiger partial charge in [-0.3, -0.25) is 10.1 Å². The first-order chi connectivity index (χ1) is 9.97. The highest BCUT2D eigenvalue weighted by Gasteiger charge is 2.35. The number of anilines is 1. The van der Waals surface area contributed by atoms with E-state index in [1.807, 2.05) is 13.8 Å². The highest BCUT2D eigenvalue weighted by atomic mass is 16.6. The molecule has 1 unspecified atom stereocenters. The van der Waals surface area contributed by atoms with Gasteiger partial charge in [0.15, 0.2) is 0 Å². The maximum Gasteiger partial charge on any atom is 0.334 e. The molecule has 1 N–H and O–H groups in total. The first kappa shape index (κ1) is 15.8. The van der Waals surface area contributed by atoms with Gasteiger partial charge in [-0.25, -0.2) is 4.68 Å². The van der Waals surface area contributed by atoms with Crippen molar-refractivity contribution in [2.24, 2.45) is 7.05 Å². The first-order valence-electron chi connectivity index (χ1n) is 7.66. The van der Waals surface area contributed by atoms with Crippen LogP contribution >= 0.6 is 0 Å². The van der Waals surface area contributed by atoms with E-state index in [2.05, 4.69) is 22.2 Å². The summed E-state index contributed by atoms with van der Waals surface area (Å²) in [7, 11) is 1.80. The minimum absolute atomic E-state index is 0.0375. The van der Waals surface area contributed by atoms with Crippen molar-refractivity contribution in [1.29, 1.82) is 0 Å². The molecule has 0 saturated carbocycles. The van der Waals surface area contributed by atoms with Crippen molar-refractivity contribution in [2.45, 2.75) is 45.6 Å². The van der Waals surface area contributed by atoms with Crippen LogP contribution < -0.4 is 10.2 Å². The molecule has 0 amide bonds. The summed E-state index contributed by atoms with van der Waals surface area (Å²) in [6.07, 6.45) is 1.97. The summed E-state index contributed by atoms with van der Waals surface area (Å²) in [4.78, 5) is 13.5. The van der Waals surface area contributed by atoms with Gasteiger partial charge in [-0.1, -0.05) is 20.8 Å². The SMILES string of the molecule is CCCN(c1c([N+](=O)[O-])c(C(C)C)nn1C)C1CCNC1. The molecule has 2 rings (SSSR count). The Balaban J connectivity index is 2.50. The van der Waals surface area contributed by atoms with Crippen LogP contribution in [0.1, 0.15) is 45.2 Å². The predicted molar refractivity (Wildman–Crippen MR) is 82.9 cm³/mol. The Bertz CT molecular complexity index is 506. The summed E-state index contributed by atoms with van der Waals surface area (Å²) >= 11 is 0. The molecule has 1 aromatic heterocycles. The molecule has 1 atom stereocenters. The first-order valence-corrected chi connectivity index (χ1v) is 7.66. The van der Waals surface area contributed by atoms with Gasteiger partial charge < -0.3 is 10.2 Å². The van der Waals surface area contributed by atoms with Gasteiger partial charge in [-0.05, 0) is 19.4 Å². The topological polar surface area (TPSA) is 76.2 Å². The number of rotatable bonds is 6. The zero-order valence-electron chi connectivity index (χ0n) is 13.3. The van der Waals surface area contributed by atoms with Crippen molar-refractivity contribution in [2.75, 3.05) is 24.5 Å². The molecule has 7 heteroatoms. The number of hydrogen-bond acceptors (Lipinski definition) is 5. The van der Waals surface area contributed by atoms with Crippen molar-refractivity contribution < 1.29 is 4.92 Å². The van der Waals surface area contributed by atoms with E-state index in [4.69, 9.17) is 0 Å². The predicted octanol–water partition coefficient (Wildman–Crippen LogP) is 2.03. The minimum atomic E-state index is -0.275. The molecule has 1 aliphatic rings. The van der Waals surface area contributed by atoms with Crippen LogP contribution in [-0.4, -0.2) is 40.4 Å². The van der Waals surface area contributed by atoms with Crippen molar-refractivity contribution in [3.8, 4) is 0 Å². The van der Waals surface area contributed by atoms with E-state index in [0.717, 1.165) is 32.5 Å². The normalized spacial score (nSPS) is 18.4. The second kappa shape index (κ2) is 6.43. The maximum absolute atomic E-state index is 11.6. The lowest BCUT2D eigenvalue weighted by molar-refractivity contribution is -0.385. The van der Waals surface area contributed by atoms with Crippen LogP contribution in [0.3, 0.4) is 0 Å². The standard InChI is InChI=1S/C14H25N5O2/c1-5-8-18(11-6-7-15-9-11)14-13(19(20)21)12(10(2)3)16-17(14)4/h10-11,15H,5-9H2,1-4H3. The maximum atomic E-state index is 11.6. The molecule has 0 bridgehead atoms. The van der Waals surface area contributed by atoms with Gasteiger partial charge in [0.1, 0.15) is 5.69 Å². The van der Waals surface area contributed by atoms with Crippen molar-refractivity contribution in [1.82, 2.24) is 15.1 Å². The Hall–Kier alpha value is -1.63. The average molecular weight is 295 g/mol. The van der Waals surface area contributed by atoms with Gasteiger partial charge in [-0.2, -0.15) is 5.10 Å². The van der Waals surface area contributed by atoms with Gasteiger partial charge in [0.05, 0.1) is 4.92 Å². The molecule has 0 radical (unpaired) electrons. The number of aromatic nitrogens is 2. The van der Waals surface area contributed by atoms with E-state index in [1.165, 1.54) is 0 Å². The molecule has 118 valence electrons. The average Bonchev–Trinajstić information content (AvgIpc) is 3.03. The van der Waals surface area contributed by atoms with Gasteiger partial charge in [0, 0.05) is 32.1 Å². The molecule has 1 saturated heterocycles. The van der Waals surface area contributed by atoms with Crippen LogP contribution in [0.5, 0.6) is 0 Å². The van der Waals surface area contributed by atoms with E-state index < -0.39 is 0 Å². The molecule has 0 spiro atoms. The van der Waals surface area contributed by atoms with Crippen LogP contribution in [-0.2, 0) is 7.05 Å². The number of nitro groups is 1. The molecule has 1 aliphatic heterocycles. The fraction of sp³-hybridized carbons (Fsp3) is 0.786. The highest BCUT2D eigenvalue weighted by molar-refractivity contribution is 5.63. The van der Waals surface area contributed by atoms with E-state index in [0.29, 0.717) is 17.6 Å². The van der Waals surface area contributed by atoms with Crippen LogP contribution in [0.4, 0.5) is 11.5 Å². The monoisotopic (exact) mass is 295 g/mol. The van der Waals surface area contributed by atoms with Crippen LogP contribution in [0.2, 0.25) is 0 Å². The van der Waals surface area contributed by atoms with Gasteiger partial charge in [-0.15, -0.1) is 0 Å². The summed E-state index contributed by atoms with van der Waals surface area (Å²) in [6.45, 7) is 8.64. The van der Waals surface area contributed by atoms with Crippen LogP contribution in [0, 0.1) is 10.1 Å². The summed E-state index contributed by atoms with van der Waals surface area (Å²) in [6, 6.07) is 0.305. The van der Waals surface area contributed by atoms with E-state index in [1.54, 1.807) is 11.7 Å². The Kier molecular flexibility index (Phi) is 4.82. The summed E-state index contributed by atoms with van der Waals surface area (Å²) in [5.41, 5.74) is 0.748. The lowest BCUT2D eigenvalue weighted by atomic mass is 10.1. The Morgan fingerprint density at radius 1 is 1.57 bits per heavy atom. The summed E-state index contributed by atoms with van der Waals surface area (Å²) in [5, 5.41) is 19.4. The molecular formula is C14H25N5O2. The summed E-state index contributed by atoms with van der Waals surface area (Å²) < 4.78 is 1.68. The lowest BCUT2D eigenvalue weighted by Gasteiger charge is -2.29. The Morgan fingerprint density at radius 2 is 2.29 bits per heavy atom. The van der Waals surface area contributed by atoms with E-state index in [-0.39, 0.29) is 16.5 Å². The number of nitrogens with zero attached hydrogens (tertiary/aromatic N) is 4. The third-order valence-corrected chi connectivity index (χ3v) is 3.96. The number of aryl methyl sites for hydroxylation is 1. The smallest absolute Gasteiger partial charge is 0.334 e. The minimum Gasteiger partial charge on any atom is -0.347 e. The van der Waals surface area contributed by atoms with E-state index in [9.17, 15) is 10.1 Å². The van der Waals surface area contributed by atoms with E-state index >= 15 is 0 Å². The molecule has 21 heavy (non-hydrogen) atoms. The van der Waals surface area contributed by atoms with Crippen LogP contribution in [0.15, 0.2) is 0 Å². The Morgan fingerprint density at radius 3 is 2.76 bits per heavy atom. The van der Waals surface area contributed by atoms with Crippen molar-refractivity contribution in [3.63, 3.8) is 0 Å². The molecule has 0 aromatic carbocycles. The van der Waals surface area contributed by atoms with Crippen LogP contribution in [0.25, 0.3) is 0 Å². The zero-order valence-corrected chi connectivity index (χ0v) is 13.3. The molecular weight excluding hydrogens is 270 g/mol. The highest BCUT2D eigenvalue weighted by Crippen LogP contribution is 2.36. The zero-order chi connectivity index (χ0) is 15.6. The van der Waals surface area contributed by atoms with Gasteiger partial charge in [0.25, 0.3) is 0 Å². The van der Waals surface area contributed by atoms with Gasteiger partial charge >= 0.3 is 5.69 Å². The fourth-order valence-corrected chi connectivity index (χ4v) is 3.02. The fourth-order valence-electron chi connectivity index (χ4n) is 3.02. The second-order valence-corrected chi connectivity index (χ2v) is 5.93. The van der Waals surface area contributed by atoms with Crippen molar-refractivity contribution >= 4 is 11.5 Å². The molecule has 0 aliphatic carbocycles. The molecule has 1 fully saturated rings. The van der Waals surface area contributed by atoms with Crippen molar-refractivity contribution in [3.05, 3.63) is 15.8 Å². The quantitative estimate of drug-likeness (QED) is 0.642. The summed E-state index contributed by atoms with van der Waals surface area (Å²) in [5.74, 6) is 0.690. The number of hydrogen-bond donors (Lipinski definition) is 1. The molecule has 2 heterocycles. The van der Waals surface area contributed by atoms with Gasteiger partial charge in [0.2, 0.25) is 5.82 Å². The molecule has 1 aromatic rings. The molecule has 7 nitrogen and oxygen atoms in total. The third kappa shape index (κ3) is 3.02. The number of nitrogens with one attached hydrogen (secondary N) is 1.